The summed E-state index contributed by atoms with van der Waals surface area (Å²) in [7, 11) is 4.28. The van der Waals surface area contributed by atoms with Gasteiger partial charge in [-0.25, -0.2) is 0 Å². The zero-order chi connectivity index (χ0) is 13.1. The normalized spacial score (nSPS) is 30.9. The lowest BCUT2D eigenvalue weighted by Crippen LogP contribution is -2.46. The van der Waals surface area contributed by atoms with E-state index in [1.165, 1.54) is 0 Å². The summed E-state index contributed by atoms with van der Waals surface area (Å²) in [5.74, 6) is 0. The summed E-state index contributed by atoms with van der Waals surface area (Å²) < 4.78 is 5.76. The largest absolute Gasteiger partial charge is 0.375 e. The van der Waals surface area contributed by atoms with Gasteiger partial charge in [0.05, 0.1) is 12.2 Å². The van der Waals surface area contributed by atoms with Crippen LogP contribution in [-0.2, 0) is 4.74 Å². The number of hydrogen-bond donors (Lipinski definition) is 1. The van der Waals surface area contributed by atoms with Crippen LogP contribution in [-0.4, -0.2) is 50.3 Å². The zero-order valence-corrected chi connectivity index (χ0v) is 12.4. The van der Waals surface area contributed by atoms with Crippen LogP contribution < -0.4 is 5.32 Å². The van der Waals surface area contributed by atoms with Crippen molar-refractivity contribution in [2.45, 2.75) is 58.8 Å². The standard InChI is InChI=1S/C14H30N2O/c1-11-7-13(8-12(2)17-11)15-9-14(3,4)10-16(5)6/h11-13,15H,7-10H2,1-6H3. The quantitative estimate of drug-likeness (QED) is 0.799. The average molecular weight is 242 g/mol. The second-order valence-corrected chi connectivity index (χ2v) is 6.71. The van der Waals surface area contributed by atoms with Crippen molar-refractivity contribution in [3.63, 3.8) is 0 Å². The lowest BCUT2D eigenvalue weighted by Gasteiger charge is -2.36. The van der Waals surface area contributed by atoms with Crippen molar-refractivity contribution >= 4 is 0 Å². The van der Waals surface area contributed by atoms with Gasteiger partial charge in [-0.15, -0.1) is 0 Å². The summed E-state index contributed by atoms with van der Waals surface area (Å²) in [6.45, 7) is 11.2. The highest BCUT2D eigenvalue weighted by molar-refractivity contribution is 4.82. The topological polar surface area (TPSA) is 24.5 Å². The Kier molecular flexibility index (Phi) is 5.42. The van der Waals surface area contributed by atoms with E-state index in [0.29, 0.717) is 23.7 Å². The van der Waals surface area contributed by atoms with Gasteiger partial charge in [-0.2, -0.15) is 0 Å². The van der Waals surface area contributed by atoms with E-state index in [4.69, 9.17) is 4.74 Å². The number of rotatable bonds is 5. The smallest absolute Gasteiger partial charge is 0.0565 e. The van der Waals surface area contributed by atoms with E-state index < -0.39 is 0 Å². The predicted octanol–water partition coefficient (Wildman–Crippen LogP) is 2.12. The molecule has 1 aliphatic heterocycles. The van der Waals surface area contributed by atoms with Crippen molar-refractivity contribution in [3.8, 4) is 0 Å². The first-order chi connectivity index (χ1) is 7.78. The Morgan fingerprint density at radius 2 is 1.71 bits per heavy atom. The Morgan fingerprint density at radius 3 is 2.18 bits per heavy atom. The maximum atomic E-state index is 5.76. The molecule has 1 saturated heterocycles. The van der Waals surface area contributed by atoms with E-state index >= 15 is 0 Å². The minimum Gasteiger partial charge on any atom is -0.375 e. The molecule has 2 atom stereocenters. The Bertz CT molecular complexity index is 218. The van der Waals surface area contributed by atoms with E-state index in [1.54, 1.807) is 0 Å². The highest BCUT2D eigenvalue weighted by Gasteiger charge is 2.26. The molecule has 0 aromatic heterocycles. The van der Waals surface area contributed by atoms with E-state index in [-0.39, 0.29) is 0 Å². The third-order valence-corrected chi connectivity index (χ3v) is 3.31. The molecule has 0 saturated carbocycles. The van der Waals surface area contributed by atoms with Crippen LogP contribution in [0.1, 0.15) is 40.5 Å². The Labute approximate surface area is 107 Å². The van der Waals surface area contributed by atoms with Gasteiger partial charge in [0.1, 0.15) is 0 Å². The highest BCUT2D eigenvalue weighted by Crippen LogP contribution is 2.21. The van der Waals surface area contributed by atoms with Gasteiger partial charge in [-0.3, -0.25) is 0 Å². The van der Waals surface area contributed by atoms with Crippen LogP contribution in [0, 0.1) is 5.41 Å². The van der Waals surface area contributed by atoms with Crippen molar-refractivity contribution in [1.82, 2.24) is 10.2 Å². The maximum Gasteiger partial charge on any atom is 0.0565 e. The summed E-state index contributed by atoms with van der Waals surface area (Å²) in [6, 6.07) is 0.621. The second-order valence-electron chi connectivity index (χ2n) is 6.71. The fourth-order valence-electron chi connectivity index (χ4n) is 2.90. The second kappa shape index (κ2) is 6.17. The van der Waals surface area contributed by atoms with Gasteiger partial charge < -0.3 is 15.0 Å². The van der Waals surface area contributed by atoms with Crippen molar-refractivity contribution in [2.24, 2.45) is 5.41 Å². The molecule has 1 heterocycles. The maximum absolute atomic E-state index is 5.76. The average Bonchev–Trinajstić information content (AvgIpc) is 2.11. The van der Waals surface area contributed by atoms with Gasteiger partial charge in [-0.05, 0) is 46.2 Å². The van der Waals surface area contributed by atoms with Gasteiger partial charge in [0, 0.05) is 19.1 Å². The van der Waals surface area contributed by atoms with Crippen molar-refractivity contribution in [1.29, 1.82) is 0 Å². The zero-order valence-electron chi connectivity index (χ0n) is 12.4. The summed E-state index contributed by atoms with van der Waals surface area (Å²) in [5.41, 5.74) is 0.328. The Morgan fingerprint density at radius 1 is 1.18 bits per heavy atom. The molecular weight excluding hydrogens is 212 g/mol. The molecular formula is C14H30N2O. The van der Waals surface area contributed by atoms with Crippen LogP contribution in [0.5, 0.6) is 0 Å². The van der Waals surface area contributed by atoms with Crippen molar-refractivity contribution in [3.05, 3.63) is 0 Å². The minimum absolute atomic E-state index is 0.328. The fourth-order valence-corrected chi connectivity index (χ4v) is 2.90. The lowest BCUT2D eigenvalue weighted by atomic mass is 9.91. The molecule has 0 spiro atoms. The molecule has 17 heavy (non-hydrogen) atoms. The summed E-state index contributed by atoms with van der Waals surface area (Å²) in [4.78, 5) is 2.26. The summed E-state index contributed by atoms with van der Waals surface area (Å²) in [5, 5.41) is 3.72. The van der Waals surface area contributed by atoms with Crippen molar-refractivity contribution in [2.75, 3.05) is 27.2 Å². The summed E-state index contributed by atoms with van der Waals surface area (Å²) in [6.07, 6.45) is 3.08. The molecule has 3 nitrogen and oxygen atoms in total. The molecule has 0 aromatic rings. The van der Waals surface area contributed by atoms with E-state index in [2.05, 4.69) is 52.0 Å². The van der Waals surface area contributed by atoms with Crippen molar-refractivity contribution < 1.29 is 4.74 Å². The highest BCUT2D eigenvalue weighted by atomic mass is 16.5. The SMILES string of the molecule is CC1CC(NCC(C)(C)CN(C)C)CC(C)O1. The number of ether oxygens (including phenoxy) is 1. The predicted molar refractivity (Wildman–Crippen MR) is 73.4 cm³/mol. The lowest BCUT2D eigenvalue weighted by molar-refractivity contribution is -0.0432. The molecule has 0 aromatic carbocycles. The Hall–Kier alpha value is -0.120. The molecule has 1 N–H and O–H groups in total. The molecule has 0 amide bonds. The molecule has 0 aliphatic carbocycles. The molecule has 0 radical (unpaired) electrons. The first-order valence-corrected chi connectivity index (χ1v) is 6.82. The molecule has 1 rings (SSSR count). The van der Waals surface area contributed by atoms with E-state index in [9.17, 15) is 0 Å². The van der Waals surface area contributed by atoms with Crippen LogP contribution in [0.15, 0.2) is 0 Å². The number of hydrogen-bond acceptors (Lipinski definition) is 3. The molecule has 0 bridgehead atoms. The monoisotopic (exact) mass is 242 g/mol. The van der Waals surface area contributed by atoms with E-state index in [1.807, 2.05) is 0 Å². The molecule has 3 heteroatoms. The third-order valence-electron chi connectivity index (χ3n) is 3.31. The summed E-state index contributed by atoms with van der Waals surface area (Å²) >= 11 is 0. The van der Waals surface area contributed by atoms with E-state index in [0.717, 1.165) is 25.9 Å². The van der Waals surface area contributed by atoms with Crippen LogP contribution in [0.4, 0.5) is 0 Å². The van der Waals surface area contributed by atoms with Gasteiger partial charge in [-0.1, -0.05) is 13.8 Å². The molecule has 1 fully saturated rings. The number of nitrogens with zero attached hydrogens (tertiary/aromatic N) is 1. The van der Waals surface area contributed by atoms with Gasteiger partial charge in [0.25, 0.3) is 0 Å². The van der Waals surface area contributed by atoms with Crippen LogP contribution in [0.3, 0.4) is 0 Å². The first-order valence-electron chi connectivity index (χ1n) is 6.82. The molecule has 102 valence electrons. The van der Waals surface area contributed by atoms with Gasteiger partial charge in [0.15, 0.2) is 0 Å². The Balaban J connectivity index is 2.34. The minimum atomic E-state index is 0.328. The van der Waals surface area contributed by atoms with Crippen LogP contribution >= 0.6 is 0 Å². The first kappa shape index (κ1) is 14.9. The van der Waals surface area contributed by atoms with Gasteiger partial charge in [0.2, 0.25) is 0 Å². The number of nitrogens with one attached hydrogen (secondary N) is 1. The molecule has 1 aliphatic rings. The molecule has 2 unspecified atom stereocenters. The van der Waals surface area contributed by atoms with Crippen LogP contribution in [0.2, 0.25) is 0 Å². The van der Waals surface area contributed by atoms with Gasteiger partial charge >= 0.3 is 0 Å². The van der Waals surface area contributed by atoms with Crippen LogP contribution in [0.25, 0.3) is 0 Å². The fraction of sp³-hybridized carbons (Fsp3) is 1.00. The third kappa shape index (κ3) is 5.84.